The van der Waals surface area contributed by atoms with E-state index in [1.165, 1.54) is 17.0 Å². The first-order valence-electron chi connectivity index (χ1n) is 7.96. The molecule has 1 aliphatic heterocycles. The van der Waals surface area contributed by atoms with Gasteiger partial charge in [0.25, 0.3) is 0 Å². The number of piperazine rings is 1. The fourth-order valence-corrected chi connectivity index (χ4v) is 3.70. The summed E-state index contributed by atoms with van der Waals surface area (Å²) in [7, 11) is -4.66. The van der Waals surface area contributed by atoms with Gasteiger partial charge in [0.1, 0.15) is 11.5 Å². The van der Waals surface area contributed by atoms with Gasteiger partial charge in [-0.25, -0.2) is 21.6 Å². The number of hydrogen-bond acceptors (Lipinski definition) is 4. The van der Waals surface area contributed by atoms with Crippen molar-refractivity contribution in [2.24, 2.45) is 0 Å². The van der Waals surface area contributed by atoms with Gasteiger partial charge in [-0.3, -0.25) is 0 Å². The van der Waals surface area contributed by atoms with Crippen LogP contribution in [0.3, 0.4) is 0 Å². The molecule has 146 valence electrons. The zero-order valence-corrected chi connectivity index (χ0v) is 14.7. The van der Waals surface area contributed by atoms with Gasteiger partial charge in [-0.1, -0.05) is 0 Å². The summed E-state index contributed by atoms with van der Waals surface area (Å²) in [6.45, 7) is 1.21. The Labute approximate surface area is 152 Å². The minimum absolute atomic E-state index is 0.247. The summed E-state index contributed by atoms with van der Waals surface area (Å²) in [5.41, 5.74) is 0.303. The monoisotopic (exact) mass is 406 g/mol. The molecule has 1 aliphatic rings. The van der Waals surface area contributed by atoms with Crippen LogP contribution < -0.4 is 9.80 Å². The molecule has 3 rings (SSSR count). The first-order chi connectivity index (χ1) is 12.7. The van der Waals surface area contributed by atoms with Crippen molar-refractivity contribution >= 4 is 21.2 Å². The van der Waals surface area contributed by atoms with Crippen molar-refractivity contribution in [3.8, 4) is 0 Å². The molecule has 0 atom stereocenters. The lowest BCUT2D eigenvalue weighted by Gasteiger charge is -2.37. The fourth-order valence-electron chi connectivity index (χ4n) is 2.97. The van der Waals surface area contributed by atoms with Crippen LogP contribution in [-0.2, 0) is 9.84 Å². The van der Waals surface area contributed by atoms with Gasteiger partial charge in [-0.15, -0.1) is 0 Å². The molecule has 10 heteroatoms. The highest BCUT2D eigenvalue weighted by atomic mass is 32.2. The third kappa shape index (κ3) is 3.85. The zero-order chi connectivity index (χ0) is 19.8. The maximum atomic E-state index is 13.9. The van der Waals surface area contributed by atoms with E-state index in [1.807, 2.05) is 4.90 Å². The standard InChI is InChI=1S/C17H15F5N2O2S/c18-11-9-14(19)16(15(20)10-11)24-7-5-23(6-8-24)12-1-3-13(4-2-12)27(25,26)17(21)22/h1-4,9-10,17H,5-8H2. The molecule has 1 saturated heterocycles. The van der Waals surface area contributed by atoms with Crippen LogP contribution in [0, 0.1) is 17.5 Å². The molecule has 0 aromatic heterocycles. The number of alkyl halides is 2. The molecule has 1 fully saturated rings. The van der Waals surface area contributed by atoms with Gasteiger partial charge in [0.15, 0.2) is 11.6 Å². The van der Waals surface area contributed by atoms with Crippen molar-refractivity contribution in [2.45, 2.75) is 10.7 Å². The van der Waals surface area contributed by atoms with Crippen molar-refractivity contribution in [1.29, 1.82) is 0 Å². The topological polar surface area (TPSA) is 40.6 Å². The normalized spacial score (nSPS) is 15.5. The highest BCUT2D eigenvalue weighted by molar-refractivity contribution is 7.91. The van der Waals surface area contributed by atoms with Crippen molar-refractivity contribution in [3.05, 3.63) is 53.8 Å². The largest absolute Gasteiger partial charge is 0.368 e. The van der Waals surface area contributed by atoms with Crippen LogP contribution in [0.15, 0.2) is 41.3 Å². The van der Waals surface area contributed by atoms with Gasteiger partial charge >= 0.3 is 5.76 Å². The third-order valence-corrected chi connectivity index (χ3v) is 5.74. The van der Waals surface area contributed by atoms with Crippen LogP contribution in [0.4, 0.5) is 33.3 Å². The number of halogens is 5. The summed E-state index contributed by atoms with van der Waals surface area (Å²) in [6, 6.07) is 6.25. The quantitative estimate of drug-likeness (QED) is 0.730. The molecule has 1 heterocycles. The number of anilines is 2. The minimum atomic E-state index is -4.66. The first kappa shape index (κ1) is 19.4. The molecule has 0 aliphatic carbocycles. The maximum absolute atomic E-state index is 13.9. The Morgan fingerprint density at radius 1 is 0.815 bits per heavy atom. The van der Waals surface area contributed by atoms with Gasteiger partial charge in [-0.05, 0) is 24.3 Å². The second-order valence-corrected chi connectivity index (χ2v) is 7.91. The van der Waals surface area contributed by atoms with E-state index in [0.717, 1.165) is 12.1 Å². The molecule has 27 heavy (non-hydrogen) atoms. The highest BCUT2D eigenvalue weighted by Gasteiger charge is 2.27. The summed E-state index contributed by atoms with van der Waals surface area (Å²) in [4.78, 5) is 2.81. The molecular formula is C17H15F5N2O2S. The van der Waals surface area contributed by atoms with E-state index in [-0.39, 0.29) is 18.8 Å². The summed E-state index contributed by atoms with van der Waals surface area (Å²) < 4.78 is 88.8. The van der Waals surface area contributed by atoms with Gasteiger partial charge in [-0.2, -0.15) is 8.78 Å². The highest BCUT2D eigenvalue weighted by Crippen LogP contribution is 2.28. The van der Waals surface area contributed by atoms with Crippen LogP contribution in [-0.4, -0.2) is 40.4 Å². The average Bonchev–Trinajstić information content (AvgIpc) is 2.61. The number of sulfone groups is 1. The molecule has 0 radical (unpaired) electrons. The van der Waals surface area contributed by atoms with Gasteiger partial charge in [0.05, 0.1) is 4.90 Å². The molecule has 0 bridgehead atoms. The lowest BCUT2D eigenvalue weighted by Crippen LogP contribution is -2.47. The Bertz CT molecular complexity index is 904. The van der Waals surface area contributed by atoms with Crippen molar-refractivity contribution < 1.29 is 30.4 Å². The molecule has 0 amide bonds. The van der Waals surface area contributed by atoms with Crippen LogP contribution in [0.2, 0.25) is 0 Å². The molecule has 4 nitrogen and oxygen atoms in total. The summed E-state index contributed by atoms with van der Waals surface area (Å²) in [5.74, 6) is -6.45. The number of nitrogens with zero attached hydrogens (tertiary/aromatic N) is 2. The number of hydrogen-bond donors (Lipinski definition) is 0. The Morgan fingerprint density at radius 3 is 1.78 bits per heavy atom. The van der Waals surface area contributed by atoms with E-state index < -0.39 is 37.9 Å². The van der Waals surface area contributed by atoms with E-state index in [9.17, 15) is 30.4 Å². The van der Waals surface area contributed by atoms with E-state index >= 15 is 0 Å². The molecule has 0 spiro atoms. The smallest absolute Gasteiger partial charge is 0.341 e. The number of benzene rings is 2. The molecular weight excluding hydrogens is 391 g/mol. The second kappa shape index (κ2) is 7.34. The van der Waals surface area contributed by atoms with Crippen LogP contribution in [0.25, 0.3) is 0 Å². The van der Waals surface area contributed by atoms with Crippen LogP contribution in [0.1, 0.15) is 0 Å². The first-order valence-corrected chi connectivity index (χ1v) is 9.51. The molecule has 2 aromatic rings. The average molecular weight is 406 g/mol. The molecule has 0 N–H and O–H groups in total. The van der Waals surface area contributed by atoms with E-state index in [2.05, 4.69) is 0 Å². The van der Waals surface area contributed by atoms with Gasteiger partial charge < -0.3 is 9.80 Å². The Hall–Kier alpha value is -2.36. The van der Waals surface area contributed by atoms with Crippen LogP contribution >= 0.6 is 0 Å². The Balaban J connectivity index is 1.71. The zero-order valence-electron chi connectivity index (χ0n) is 13.9. The fraction of sp³-hybridized carbons (Fsp3) is 0.294. The lowest BCUT2D eigenvalue weighted by atomic mass is 10.2. The predicted octanol–water partition coefficient (Wildman–Crippen LogP) is 3.43. The Kier molecular flexibility index (Phi) is 5.27. The lowest BCUT2D eigenvalue weighted by molar-refractivity contribution is 0.234. The van der Waals surface area contributed by atoms with Crippen LogP contribution in [0.5, 0.6) is 0 Å². The SMILES string of the molecule is O=S(=O)(c1ccc(N2CCN(c3c(F)cc(F)cc3F)CC2)cc1)C(F)F. The molecule has 0 saturated carbocycles. The maximum Gasteiger partial charge on any atom is 0.341 e. The van der Waals surface area contributed by atoms with Gasteiger partial charge in [0, 0.05) is 44.0 Å². The van der Waals surface area contributed by atoms with Gasteiger partial charge in [0.2, 0.25) is 9.84 Å². The van der Waals surface area contributed by atoms with E-state index in [1.54, 1.807) is 0 Å². The summed E-state index contributed by atoms with van der Waals surface area (Å²) in [6.07, 6.45) is 0. The summed E-state index contributed by atoms with van der Waals surface area (Å²) in [5, 5.41) is 0. The van der Waals surface area contributed by atoms with Crippen molar-refractivity contribution in [2.75, 3.05) is 36.0 Å². The van der Waals surface area contributed by atoms with E-state index in [0.29, 0.717) is 30.9 Å². The second-order valence-electron chi connectivity index (χ2n) is 5.99. The molecule has 0 unspecified atom stereocenters. The van der Waals surface area contributed by atoms with Crippen molar-refractivity contribution in [1.82, 2.24) is 0 Å². The third-order valence-electron chi connectivity index (χ3n) is 4.34. The van der Waals surface area contributed by atoms with E-state index in [4.69, 9.17) is 0 Å². The Morgan fingerprint density at radius 2 is 1.30 bits per heavy atom. The minimum Gasteiger partial charge on any atom is -0.368 e. The number of rotatable bonds is 4. The predicted molar refractivity (Wildman–Crippen MR) is 90.4 cm³/mol. The summed E-state index contributed by atoms with van der Waals surface area (Å²) >= 11 is 0. The molecule has 2 aromatic carbocycles. The van der Waals surface area contributed by atoms with Crippen molar-refractivity contribution in [3.63, 3.8) is 0 Å².